The van der Waals surface area contributed by atoms with E-state index in [1.165, 1.54) is 0 Å². The van der Waals surface area contributed by atoms with Crippen LogP contribution in [0.15, 0.2) is 24.3 Å². The summed E-state index contributed by atoms with van der Waals surface area (Å²) in [5.41, 5.74) is 0.283. The summed E-state index contributed by atoms with van der Waals surface area (Å²) in [6.07, 6.45) is 0.0279. The van der Waals surface area contributed by atoms with Crippen LogP contribution in [0, 0.1) is 5.92 Å². The monoisotopic (exact) mass is 363 g/mol. The fourth-order valence-corrected chi connectivity index (χ4v) is 3.17. The minimum Gasteiger partial charge on any atom is -0.491 e. The van der Waals surface area contributed by atoms with Crippen LogP contribution in [0.2, 0.25) is 0 Å². The predicted octanol–water partition coefficient (Wildman–Crippen LogP) is 3.90. The second-order valence-electron chi connectivity index (χ2n) is 8.01. The fraction of sp³-hybridized carbons (Fsp3) is 0.600. The van der Waals surface area contributed by atoms with E-state index >= 15 is 0 Å². The summed E-state index contributed by atoms with van der Waals surface area (Å²) in [6.45, 7) is 10.0. The van der Waals surface area contributed by atoms with Gasteiger partial charge in [0.25, 0.3) is 0 Å². The van der Waals surface area contributed by atoms with Crippen LogP contribution in [0.1, 0.15) is 52.5 Å². The van der Waals surface area contributed by atoms with Gasteiger partial charge in [0.2, 0.25) is 0 Å². The molecule has 1 unspecified atom stereocenters. The first kappa shape index (κ1) is 20.1. The van der Waals surface area contributed by atoms with Crippen molar-refractivity contribution >= 4 is 12.1 Å². The van der Waals surface area contributed by atoms with Crippen LogP contribution in [0.4, 0.5) is 4.79 Å². The highest BCUT2D eigenvalue weighted by atomic mass is 16.6. The van der Waals surface area contributed by atoms with Gasteiger partial charge in [0.05, 0.1) is 12.0 Å². The van der Waals surface area contributed by atoms with E-state index in [9.17, 15) is 14.7 Å². The highest BCUT2D eigenvalue weighted by molar-refractivity contribution is 5.73. The molecule has 0 radical (unpaired) electrons. The molecule has 0 aliphatic carbocycles. The molecule has 144 valence electrons. The second-order valence-corrected chi connectivity index (χ2v) is 8.01. The molecule has 6 nitrogen and oxygen atoms in total. The second kappa shape index (κ2) is 7.98. The van der Waals surface area contributed by atoms with Crippen molar-refractivity contribution in [3.8, 4) is 5.75 Å². The van der Waals surface area contributed by atoms with Crippen LogP contribution in [-0.4, -0.2) is 46.9 Å². The van der Waals surface area contributed by atoms with E-state index in [1.54, 1.807) is 4.90 Å². The first-order valence-electron chi connectivity index (χ1n) is 9.04. The Kier molecular flexibility index (Phi) is 6.16. The van der Waals surface area contributed by atoms with Gasteiger partial charge in [-0.05, 0) is 58.7 Å². The normalized spacial score (nSPS) is 20.8. The van der Waals surface area contributed by atoms with Crippen molar-refractivity contribution in [3.05, 3.63) is 29.8 Å². The van der Waals surface area contributed by atoms with Gasteiger partial charge in [-0.3, -0.25) is 4.79 Å². The number of amides is 1. The molecule has 1 amide bonds. The molecule has 0 bridgehead atoms. The SMILES string of the molecule is CC(C)Oc1cccc(C2CN(C(=O)OC(C)(C)C)CC[C@H]2C(=O)O)c1. The topological polar surface area (TPSA) is 76.1 Å². The molecule has 0 spiro atoms. The summed E-state index contributed by atoms with van der Waals surface area (Å²) < 4.78 is 11.2. The zero-order valence-corrected chi connectivity index (χ0v) is 16.2. The zero-order valence-electron chi connectivity index (χ0n) is 16.2. The molecule has 26 heavy (non-hydrogen) atoms. The molecule has 1 aliphatic heterocycles. The minimum absolute atomic E-state index is 0.0325. The zero-order chi connectivity index (χ0) is 19.5. The minimum atomic E-state index is -0.839. The summed E-state index contributed by atoms with van der Waals surface area (Å²) in [6, 6.07) is 7.48. The Labute approximate surface area is 155 Å². The molecule has 1 aromatic rings. The predicted molar refractivity (Wildman–Crippen MR) is 98.5 cm³/mol. The number of benzene rings is 1. The van der Waals surface area contributed by atoms with Crippen LogP contribution in [0.3, 0.4) is 0 Å². The Hall–Kier alpha value is -2.24. The average Bonchev–Trinajstić information content (AvgIpc) is 2.52. The number of carbonyl (C=O) groups excluding carboxylic acids is 1. The van der Waals surface area contributed by atoms with Crippen molar-refractivity contribution in [2.75, 3.05) is 13.1 Å². The summed E-state index contributed by atoms with van der Waals surface area (Å²) in [7, 11) is 0. The quantitative estimate of drug-likeness (QED) is 0.878. The van der Waals surface area contributed by atoms with Gasteiger partial charge in [0, 0.05) is 19.0 Å². The van der Waals surface area contributed by atoms with Crippen molar-refractivity contribution in [2.45, 2.75) is 58.7 Å². The van der Waals surface area contributed by atoms with E-state index in [0.717, 1.165) is 5.56 Å². The number of nitrogens with zero attached hydrogens (tertiary/aromatic N) is 1. The molecule has 2 rings (SSSR count). The molecule has 1 aromatic carbocycles. The highest BCUT2D eigenvalue weighted by Gasteiger charge is 2.38. The molecule has 1 N–H and O–H groups in total. The van der Waals surface area contributed by atoms with Gasteiger partial charge in [0.1, 0.15) is 11.4 Å². The third-order valence-corrected chi connectivity index (χ3v) is 4.24. The molecule has 1 heterocycles. The van der Waals surface area contributed by atoms with E-state index < -0.39 is 23.6 Å². The Balaban J connectivity index is 2.24. The molecule has 1 aliphatic rings. The number of hydrogen-bond acceptors (Lipinski definition) is 4. The first-order valence-corrected chi connectivity index (χ1v) is 9.04. The van der Waals surface area contributed by atoms with Gasteiger partial charge >= 0.3 is 12.1 Å². The lowest BCUT2D eigenvalue weighted by molar-refractivity contribution is -0.144. The van der Waals surface area contributed by atoms with Crippen LogP contribution in [0.5, 0.6) is 5.75 Å². The number of hydrogen-bond donors (Lipinski definition) is 1. The average molecular weight is 363 g/mol. The fourth-order valence-electron chi connectivity index (χ4n) is 3.17. The largest absolute Gasteiger partial charge is 0.491 e. The maximum atomic E-state index is 12.4. The molecule has 1 saturated heterocycles. The molecular formula is C20H29NO5. The molecule has 0 aromatic heterocycles. The molecule has 1 fully saturated rings. The van der Waals surface area contributed by atoms with E-state index in [1.807, 2.05) is 58.9 Å². The van der Waals surface area contributed by atoms with Gasteiger partial charge in [-0.2, -0.15) is 0 Å². The number of rotatable bonds is 4. The lowest BCUT2D eigenvalue weighted by atomic mass is 9.81. The van der Waals surface area contributed by atoms with Gasteiger partial charge in [-0.1, -0.05) is 12.1 Å². The van der Waals surface area contributed by atoms with Crippen molar-refractivity contribution in [2.24, 2.45) is 5.92 Å². The summed E-state index contributed by atoms with van der Waals surface area (Å²) in [5, 5.41) is 9.63. The van der Waals surface area contributed by atoms with Crippen molar-refractivity contribution in [1.29, 1.82) is 0 Å². The van der Waals surface area contributed by atoms with Gasteiger partial charge in [-0.25, -0.2) is 4.79 Å². The van der Waals surface area contributed by atoms with Crippen molar-refractivity contribution in [1.82, 2.24) is 4.90 Å². The molecular weight excluding hydrogens is 334 g/mol. The number of carbonyl (C=O) groups is 2. The summed E-state index contributed by atoms with van der Waals surface area (Å²) >= 11 is 0. The Morgan fingerprint density at radius 1 is 1.27 bits per heavy atom. The number of carboxylic acid groups (broad SMARTS) is 1. The third kappa shape index (κ3) is 5.38. The molecule has 6 heteroatoms. The Morgan fingerprint density at radius 3 is 2.54 bits per heavy atom. The number of ether oxygens (including phenoxy) is 2. The highest BCUT2D eigenvalue weighted by Crippen LogP contribution is 2.35. The summed E-state index contributed by atoms with van der Waals surface area (Å²) in [4.78, 5) is 25.8. The lowest BCUT2D eigenvalue weighted by Gasteiger charge is -2.37. The van der Waals surface area contributed by atoms with Crippen molar-refractivity contribution < 1.29 is 24.2 Å². The lowest BCUT2D eigenvalue weighted by Crippen LogP contribution is -2.46. The first-order chi connectivity index (χ1) is 12.1. The van der Waals surface area contributed by atoms with E-state index in [2.05, 4.69) is 0 Å². The molecule has 2 atom stereocenters. The number of piperidine rings is 1. The van der Waals surface area contributed by atoms with Gasteiger partial charge in [-0.15, -0.1) is 0 Å². The molecule has 0 saturated carbocycles. The smallest absolute Gasteiger partial charge is 0.410 e. The third-order valence-electron chi connectivity index (χ3n) is 4.24. The number of aliphatic carboxylic acids is 1. The van der Waals surface area contributed by atoms with Crippen molar-refractivity contribution in [3.63, 3.8) is 0 Å². The number of likely N-dealkylation sites (tertiary alicyclic amines) is 1. The van der Waals surface area contributed by atoms with Gasteiger partial charge < -0.3 is 19.5 Å². The van der Waals surface area contributed by atoms with Crippen LogP contribution >= 0.6 is 0 Å². The van der Waals surface area contributed by atoms with Gasteiger partial charge in [0.15, 0.2) is 0 Å². The van der Waals surface area contributed by atoms with E-state index in [-0.39, 0.29) is 12.0 Å². The van der Waals surface area contributed by atoms with Crippen LogP contribution in [-0.2, 0) is 9.53 Å². The number of carboxylic acids is 1. The van der Waals surface area contributed by atoms with Crippen LogP contribution < -0.4 is 4.74 Å². The standard InChI is InChI=1S/C20H29NO5/c1-13(2)25-15-8-6-7-14(11-15)17-12-21(10-9-16(17)18(22)23)19(24)26-20(3,4)5/h6-8,11,13,16-17H,9-10,12H2,1-5H3,(H,22,23)/t16-,17?/m1/s1. The maximum absolute atomic E-state index is 12.4. The van der Waals surface area contributed by atoms with E-state index in [4.69, 9.17) is 9.47 Å². The Bertz CT molecular complexity index is 650. The van der Waals surface area contributed by atoms with E-state index in [0.29, 0.717) is 25.3 Å². The summed E-state index contributed by atoms with van der Waals surface area (Å²) in [5.74, 6) is -0.975. The maximum Gasteiger partial charge on any atom is 0.410 e. The Morgan fingerprint density at radius 2 is 1.96 bits per heavy atom. The van der Waals surface area contributed by atoms with Crippen LogP contribution in [0.25, 0.3) is 0 Å².